The quantitative estimate of drug-likeness (QED) is 0.857. The third kappa shape index (κ3) is 2.87. The Morgan fingerprint density at radius 1 is 0.714 bits per heavy atom. The van der Waals surface area contributed by atoms with Crippen LogP contribution in [0, 0.1) is 0 Å². The minimum Gasteiger partial charge on any atom is -0.485 e. The van der Waals surface area contributed by atoms with E-state index < -0.39 is 0 Å². The summed E-state index contributed by atoms with van der Waals surface area (Å²) in [5, 5.41) is 0. The van der Waals surface area contributed by atoms with E-state index in [1.165, 1.54) is 0 Å². The molecule has 0 aliphatic carbocycles. The van der Waals surface area contributed by atoms with Crippen molar-refractivity contribution < 1.29 is 9.47 Å². The standard InChI is InChI=1S/C18H19NO2/c1-19(2)16-10-8-15(9-11-16)18-17(20-12-13-21-18)14-6-4-3-5-7-14/h3-11H,12-13H2,1-2H3. The molecule has 0 spiro atoms. The monoisotopic (exact) mass is 281 g/mol. The molecule has 21 heavy (non-hydrogen) atoms. The Kier molecular flexibility index (Phi) is 3.82. The molecule has 2 aromatic rings. The number of benzene rings is 2. The van der Waals surface area contributed by atoms with Gasteiger partial charge in [-0.2, -0.15) is 0 Å². The van der Waals surface area contributed by atoms with Crippen LogP contribution in [-0.2, 0) is 9.47 Å². The molecule has 0 atom stereocenters. The summed E-state index contributed by atoms with van der Waals surface area (Å²) in [4.78, 5) is 2.08. The Hall–Kier alpha value is -2.42. The third-order valence-electron chi connectivity index (χ3n) is 3.46. The molecule has 0 fully saturated rings. The van der Waals surface area contributed by atoms with Crippen LogP contribution in [0.15, 0.2) is 54.6 Å². The minimum absolute atomic E-state index is 0.584. The first-order valence-corrected chi connectivity index (χ1v) is 7.09. The van der Waals surface area contributed by atoms with Crippen molar-refractivity contribution in [2.24, 2.45) is 0 Å². The van der Waals surface area contributed by atoms with Crippen LogP contribution < -0.4 is 4.90 Å². The summed E-state index contributed by atoms with van der Waals surface area (Å²) in [5.74, 6) is 1.64. The maximum absolute atomic E-state index is 5.87. The molecule has 0 amide bonds. The lowest BCUT2D eigenvalue weighted by atomic mass is 10.1. The number of nitrogens with zero attached hydrogens (tertiary/aromatic N) is 1. The maximum Gasteiger partial charge on any atom is 0.169 e. The highest BCUT2D eigenvalue weighted by molar-refractivity contribution is 5.84. The summed E-state index contributed by atoms with van der Waals surface area (Å²) in [6.45, 7) is 1.17. The largest absolute Gasteiger partial charge is 0.485 e. The van der Waals surface area contributed by atoms with Crippen molar-refractivity contribution in [3.63, 3.8) is 0 Å². The van der Waals surface area contributed by atoms with E-state index in [0.29, 0.717) is 13.2 Å². The lowest BCUT2D eigenvalue weighted by Gasteiger charge is -2.23. The molecule has 1 heterocycles. The van der Waals surface area contributed by atoms with E-state index in [0.717, 1.165) is 28.3 Å². The van der Waals surface area contributed by atoms with Gasteiger partial charge in [-0.1, -0.05) is 30.3 Å². The highest BCUT2D eigenvalue weighted by Gasteiger charge is 2.19. The molecule has 3 nitrogen and oxygen atoms in total. The van der Waals surface area contributed by atoms with Crippen molar-refractivity contribution in [3.05, 3.63) is 65.7 Å². The Balaban J connectivity index is 2.02. The van der Waals surface area contributed by atoms with Gasteiger partial charge >= 0.3 is 0 Å². The third-order valence-corrected chi connectivity index (χ3v) is 3.46. The molecule has 0 unspecified atom stereocenters. The maximum atomic E-state index is 5.87. The van der Waals surface area contributed by atoms with Crippen molar-refractivity contribution in [1.29, 1.82) is 0 Å². The second-order valence-electron chi connectivity index (χ2n) is 5.16. The van der Waals surface area contributed by atoms with E-state index in [4.69, 9.17) is 9.47 Å². The molecular formula is C18H19NO2. The molecule has 3 heteroatoms. The average Bonchev–Trinajstić information content (AvgIpc) is 2.56. The van der Waals surface area contributed by atoms with Crippen LogP contribution >= 0.6 is 0 Å². The van der Waals surface area contributed by atoms with Gasteiger partial charge in [0.15, 0.2) is 11.5 Å². The molecule has 1 aliphatic rings. The Morgan fingerprint density at radius 2 is 1.24 bits per heavy atom. The lowest BCUT2D eigenvalue weighted by Crippen LogP contribution is -2.13. The lowest BCUT2D eigenvalue weighted by molar-refractivity contribution is 0.143. The van der Waals surface area contributed by atoms with Crippen LogP contribution in [0.1, 0.15) is 11.1 Å². The van der Waals surface area contributed by atoms with Crippen LogP contribution in [0.4, 0.5) is 5.69 Å². The predicted molar refractivity (Wildman–Crippen MR) is 85.9 cm³/mol. The SMILES string of the molecule is CN(C)c1ccc(C2=C(c3ccccc3)OCCO2)cc1. The topological polar surface area (TPSA) is 21.7 Å². The van der Waals surface area contributed by atoms with Crippen molar-refractivity contribution >= 4 is 17.2 Å². The molecule has 0 bridgehead atoms. The van der Waals surface area contributed by atoms with Gasteiger partial charge in [0.1, 0.15) is 13.2 Å². The van der Waals surface area contributed by atoms with Crippen molar-refractivity contribution in [3.8, 4) is 0 Å². The van der Waals surface area contributed by atoms with Crippen molar-refractivity contribution in [2.75, 3.05) is 32.2 Å². The Morgan fingerprint density at radius 3 is 1.76 bits per heavy atom. The zero-order valence-corrected chi connectivity index (χ0v) is 12.4. The fourth-order valence-electron chi connectivity index (χ4n) is 2.35. The van der Waals surface area contributed by atoms with Gasteiger partial charge in [0.25, 0.3) is 0 Å². The van der Waals surface area contributed by atoms with Gasteiger partial charge in [-0.25, -0.2) is 0 Å². The highest BCUT2D eigenvalue weighted by atomic mass is 16.6. The molecular weight excluding hydrogens is 262 g/mol. The average molecular weight is 281 g/mol. The first-order valence-electron chi connectivity index (χ1n) is 7.09. The molecule has 108 valence electrons. The van der Waals surface area contributed by atoms with Gasteiger partial charge in [-0.3, -0.25) is 0 Å². The van der Waals surface area contributed by atoms with Crippen LogP contribution in [0.2, 0.25) is 0 Å². The smallest absolute Gasteiger partial charge is 0.169 e. The van der Waals surface area contributed by atoms with E-state index in [2.05, 4.69) is 29.2 Å². The molecule has 0 saturated heterocycles. The van der Waals surface area contributed by atoms with Gasteiger partial charge in [0.05, 0.1) is 0 Å². The highest BCUT2D eigenvalue weighted by Crippen LogP contribution is 2.31. The summed E-state index contributed by atoms with van der Waals surface area (Å²) in [7, 11) is 4.06. The summed E-state index contributed by atoms with van der Waals surface area (Å²) in [5.41, 5.74) is 3.25. The molecule has 1 aliphatic heterocycles. The van der Waals surface area contributed by atoms with Crippen LogP contribution in [0.25, 0.3) is 11.5 Å². The summed E-state index contributed by atoms with van der Waals surface area (Å²) < 4.78 is 11.7. The molecule has 0 aromatic heterocycles. The first-order chi connectivity index (χ1) is 10.3. The van der Waals surface area contributed by atoms with E-state index in [1.807, 2.05) is 44.4 Å². The van der Waals surface area contributed by atoms with Gasteiger partial charge < -0.3 is 14.4 Å². The van der Waals surface area contributed by atoms with Gasteiger partial charge in [-0.05, 0) is 24.3 Å². The van der Waals surface area contributed by atoms with Crippen LogP contribution in [-0.4, -0.2) is 27.3 Å². The normalized spacial score (nSPS) is 14.4. The van der Waals surface area contributed by atoms with Crippen molar-refractivity contribution in [2.45, 2.75) is 0 Å². The molecule has 2 aromatic carbocycles. The minimum atomic E-state index is 0.584. The Labute approximate surface area is 125 Å². The molecule has 0 saturated carbocycles. The molecule has 0 N–H and O–H groups in total. The van der Waals surface area contributed by atoms with Crippen LogP contribution in [0.3, 0.4) is 0 Å². The number of ether oxygens (including phenoxy) is 2. The zero-order chi connectivity index (χ0) is 14.7. The summed E-state index contributed by atoms with van der Waals surface area (Å²) in [6, 6.07) is 18.4. The summed E-state index contributed by atoms with van der Waals surface area (Å²) in [6.07, 6.45) is 0. The Bertz CT molecular complexity index is 630. The fraction of sp³-hybridized carbons (Fsp3) is 0.222. The van der Waals surface area contributed by atoms with Crippen LogP contribution in [0.5, 0.6) is 0 Å². The van der Waals surface area contributed by atoms with Gasteiger partial charge in [-0.15, -0.1) is 0 Å². The van der Waals surface area contributed by atoms with Crippen molar-refractivity contribution in [1.82, 2.24) is 0 Å². The van der Waals surface area contributed by atoms with Gasteiger partial charge in [0, 0.05) is 30.9 Å². The second kappa shape index (κ2) is 5.92. The van der Waals surface area contributed by atoms with Gasteiger partial charge in [0.2, 0.25) is 0 Å². The number of anilines is 1. The summed E-state index contributed by atoms with van der Waals surface area (Å²) >= 11 is 0. The number of rotatable bonds is 3. The second-order valence-corrected chi connectivity index (χ2v) is 5.16. The van der Waals surface area contributed by atoms with E-state index in [9.17, 15) is 0 Å². The van der Waals surface area contributed by atoms with E-state index in [1.54, 1.807) is 0 Å². The fourth-order valence-corrected chi connectivity index (χ4v) is 2.35. The van der Waals surface area contributed by atoms with E-state index >= 15 is 0 Å². The predicted octanol–water partition coefficient (Wildman–Crippen LogP) is 3.63. The first kappa shape index (κ1) is 13.6. The molecule has 3 rings (SSSR count). The van der Waals surface area contributed by atoms with E-state index in [-0.39, 0.29) is 0 Å². The number of hydrogen-bond donors (Lipinski definition) is 0. The zero-order valence-electron chi connectivity index (χ0n) is 12.4. The number of hydrogen-bond acceptors (Lipinski definition) is 3. The molecule has 0 radical (unpaired) electrons.